The summed E-state index contributed by atoms with van der Waals surface area (Å²) >= 11 is 1.57. The van der Waals surface area contributed by atoms with E-state index in [4.69, 9.17) is 4.74 Å². The summed E-state index contributed by atoms with van der Waals surface area (Å²) in [5.41, 5.74) is 2.16. The molecule has 0 bridgehead atoms. The average molecular weight is 693 g/mol. The van der Waals surface area contributed by atoms with Gasteiger partial charge < -0.3 is 25.8 Å². The Morgan fingerprint density at radius 1 is 0.875 bits per heavy atom. The molecule has 48 heavy (non-hydrogen) atoms. The van der Waals surface area contributed by atoms with Crippen LogP contribution in [0.1, 0.15) is 74.5 Å². The van der Waals surface area contributed by atoms with Crippen LogP contribution in [0.3, 0.4) is 0 Å². The maximum atomic E-state index is 13.8. The van der Waals surface area contributed by atoms with Gasteiger partial charge in [0.05, 0.1) is 36.7 Å². The number of rotatable bonds is 16. The lowest BCUT2D eigenvalue weighted by atomic mass is 9.99. The maximum absolute atomic E-state index is 13.8. The first kappa shape index (κ1) is 36.6. The van der Waals surface area contributed by atoms with E-state index in [-0.39, 0.29) is 41.2 Å². The van der Waals surface area contributed by atoms with Gasteiger partial charge in [-0.1, -0.05) is 42.5 Å². The molecule has 1 heterocycles. The van der Waals surface area contributed by atoms with E-state index in [1.165, 1.54) is 25.1 Å². The van der Waals surface area contributed by atoms with Crippen LogP contribution in [-0.2, 0) is 16.4 Å². The predicted octanol–water partition coefficient (Wildman–Crippen LogP) is 5.37. The molecule has 0 aliphatic carbocycles. The van der Waals surface area contributed by atoms with Crippen LogP contribution in [0.5, 0.6) is 5.75 Å². The number of carbonyl (C=O) groups excluding carboxylic acids is 2. The lowest BCUT2D eigenvalue weighted by molar-refractivity contribution is 0.0825. The van der Waals surface area contributed by atoms with Crippen molar-refractivity contribution >= 4 is 38.9 Å². The van der Waals surface area contributed by atoms with Crippen LogP contribution >= 0.6 is 11.3 Å². The van der Waals surface area contributed by atoms with Crippen molar-refractivity contribution in [2.45, 2.75) is 58.3 Å². The minimum Gasteiger partial charge on any atom is -0.497 e. The number of carbonyl (C=O) groups is 2. The molecule has 0 fully saturated rings. The zero-order valence-electron chi connectivity index (χ0n) is 27.8. The van der Waals surface area contributed by atoms with Gasteiger partial charge in [-0.05, 0) is 87.7 Å². The first-order valence-corrected chi connectivity index (χ1v) is 18.3. The number of sulfonamides is 1. The summed E-state index contributed by atoms with van der Waals surface area (Å²) in [7, 11) is -2.10. The summed E-state index contributed by atoms with van der Waals surface area (Å²) in [6.07, 6.45) is -0.669. The molecule has 0 aliphatic rings. The molecule has 5 N–H and O–H groups in total. The molecule has 12 heteroatoms. The lowest BCUT2D eigenvalue weighted by Crippen LogP contribution is -2.49. The Kier molecular flexibility index (Phi) is 12.8. The fourth-order valence-electron chi connectivity index (χ4n) is 5.11. The summed E-state index contributed by atoms with van der Waals surface area (Å²) in [5.74, 6) is -0.490. The minimum atomic E-state index is -3.71. The molecule has 0 radical (unpaired) electrons. The van der Waals surface area contributed by atoms with E-state index in [0.717, 1.165) is 26.6 Å². The number of aryl methyl sites for hydroxylation is 1. The second-order valence-electron chi connectivity index (χ2n) is 11.7. The van der Waals surface area contributed by atoms with E-state index in [2.05, 4.69) is 20.7 Å². The van der Waals surface area contributed by atoms with Gasteiger partial charge in [0.25, 0.3) is 11.8 Å². The zero-order valence-corrected chi connectivity index (χ0v) is 29.5. The third-order valence-corrected chi connectivity index (χ3v) is 10.4. The van der Waals surface area contributed by atoms with Gasteiger partial charge in [-0.25, -0.2) is 8.42 Å². The monoisotopic (exact) mass is 692 g/mol. The van der Waals surface area contributed by atoms with Gasteiger partial charge in [0.2, 0.25) is 10.0 Å². The highest BCUT2D eigenvalue weighted by Gasteiger charge is 2.25. The number of nitrogens with one attached hydrogen (secondary N) is 4. The van der Waals surface area contributed by atoms with Crippen LogP contribution in [0, 0.1) is 6.92 Å². The summed E-state index contributed by atoms with van der Waals surface area (Å²) in [5, 5.41) is 20.6. The van der Waals surface area contributed by atoms with Gasteiger partial charge in [-0.15, -0.1) is 11.3 Å². The van der Waals surface area contributed by atoms with Gasteiger partial charge in [0, 0.05) is 33.5 Å². The SMILES string of the molecule is CCS(=O)(=O)Nc1cc(C(=O)NC(C)c2ccc(C)s2)cc(C(=O)N[C@@H](Cc2ccccc2)[C@H](O)CN[C@H](C)c2cccc(OC)c2)c1. The molecule has 4 atom stereocenters. The average Bonchev–Trinajstić information content (AvgIpc) is 3.53. The Labute approximate surface area is 287 Å². The van der Waals surface area contributed by atoms with Crippen LogP contribution in [-0.4, -0.2) is 56.9 Å². The number of benzene rings is 3. The maximum Gasteiger partial charge on any atom is 0.251 e. The van der Waals surface area contributed by atoms with Crippen LogP contribution in [0.2, 0.25) is 0 Å². The van der Waals surface area contributed by atoms with Crippen molar-refractivity contribution in [3.05, 3.63) is 117 Å². The minimum absolute atomic E-state index is 0.0686. The van der Waals surface area contributed by atoms with E-state index in [9.17, 15) is 23.1 Å². The highest BCUT2D eigenvalue weighted by Crippen LogP contribution is 2.24. The molecule has 0 spiro atoms. The number of aliphatic hydroxyl groups excluding tert-OH is 1. The molecule has 0 aliphatic heterocycles. The van der Waals surface area contributed by atoms with E-state index in [0.29, 0.717) is 6.42 Å². The third-order valence-electron chi connectivity index (χ3n) is 7.95. The molecular formula is C36H44N4O6S2. The molecule has 0 saturated heterocycles. The first-order chi connectivity index (χ1) is 22.9. The first-order valence-electron chi connectivity index (χ1n) is 15.8. The highest BCUT2D eigenvalue weighted by molar-refractivity contribution is 7.92. The molecule has 10 nitrogen and oxygen atoms in total. The molecule has 4 rings (SSSR count). The van der Waals surface area contributed by atoms with Crippen LogP contribution in [0.15, 0.2) is 84.9 Å². The standard InChI is InChI=1S/C36H44N4O6S2/c1-6-48(44,45)40-30-19-28(35(42)38-25(4)34-16-15-23(2)47-34)18-29(20-30)36(43)39-32(17-26-11-8-7-9-12-26)33(41)22-37-24(3)27-13-10-14-31(21-27)46-5/h7-16,18-21,24-25,32-33,37,40-41H,6,17,22H2,1-5H3,(H,38,42)(H,39,43)/t24-,25?,32+,33-/m1/s1. The number of hydrogen-bond acceptors (Lipinski definition) is 8. The second kappa shape index (κ2) is 16.7. The van der Waals surface area contributed by atoms with Crippen LogP contribution in [0.25, 0.3) is 0 Å². The van der Waals surface area contributed by atoms with Crippen molar-refractivity contribution in [2.24, 2.45) is 0 Å². The zero-order chi connectivity index (χ0) is 34.8. The van der Waals surface area contributed by atoms with E-state index >= 15 is 0 Å². The summed E-state index contributed by atoms with van der Waals surface area (Å²) in [6.45, 7) is 7.48. The Balaban J connectivity index is 1.58. The molecule has 4 aromatic rings. The Morgan fingerprint density at radius 2 is 1.56 bits per heavy atom. The smallest absolute Gasteiger partial charge is 0.251 e. The van der Waals surface area contributed by atoms with E-state index in [1.54, 1.807) is 18.4 Å². The van der Waals surface area contributed by atoms with Crippen molar-refractivity contribution in [1.29, 1.82) is 0 Å². The van der Waals surface area contributed by atoms with E-state index in [1.807, 2.05) is 87.5 Å². The van der Waals surface area contributed by atoms with Crippen molar-refractivity contribution in [3.8, 4) is 5.75 Å². The van der Waals surface area contributed by atoms with Gasteiger partial charge in [0.15, 0.2) is 0 Å². The Bertz CT molecular complexity index is 1790. The molecule has 1 aromatic heterocycles. The summed E-state index contributed by atoms with van der Waals surface area (Å²) in [6, 6.07) is 24.1. The van der Waals surface area contributed by atoms with Crippen molar-refractivity contribution in [3.63, 3.8) is 0 Å². The number of methoxy groups -OCH3 is 1. The van der Waals surface area contributed by atoms with Gasteiger partial charge in [-0.2, -0.15) is 0 Å². The molecule has 0 saturated carbocycles. The number of anilines is 1. The summed E-state index contributed by atoms with van der Waals surface area (Å²) in [4.78, 5) is 29.3. The lowest BCUT2D eigenvalue weighted by Gasteiger charge is -2.26. The van der Waals surface area contributed by atoms with E-state index < -0.39 is 34.0 Å². The predicted molar refractivity (Wildman–Crippen MR) is 191 cm³/mol. The highest BCUT2D eigenvalue weighted by atomic mass is 32.2. The molecule has 3 aromatic carbocycles. The van der Waals surface area contributed by atoms with Gasteiger partial charge >= 0.3 is 0 Å². The fourth-order valence-corrected chi connectivity index (χ4v) is 6.61. The number of thiophene rings is 1. The fraction of sp³-hybridized carbons (Fsp3) is 0.333. The molecule has 256 valence electrons. The normalized spacial score (nSPS) is 14.0. The number of hydrogen-bond donors (Lipinski definition) is 5. The summed E-state index contributed by atoms with van der Waals surface area (Å²) < 4.78 is 32.8. The Hall–Kier alpha value is -4.23. The van der Waals surface area contributed by atoms with Crippen molar-refractivity contribution in [1.82, 2.24) is 16.0 Å². The largest absolute Gasteiger partial charge is 0.497 e. The molecule has 1 unspecified atom stereocenters. The molecular weight excluding hydrogens is 649 g/mol. The third kappa shape index (κ3) is 10.4. The number of ether oxygens (including phenoxy) is 1. The quantitative estimate of drug-likeness (QED) is 0.106. The molecule has 2 amide bonds. The van der Waals surface area contributed by atoms with Gasteiger partial charge in [0.1, 0.15) is 5.75 Å². The van der Waals surface area contributed by atoms with Crippen molar-refractivity contribution in [2.75, 3.05) is 24.1 Å². The topological polar surface area (TPSA) is 146 Å². The van der Waals surface area contributed by atoms with Gasteiger partial charge in [-0.3, -0.25) is 14.3 Å². The second-order valence-corrected chi connectivity index (χ2v) is 15.0. The van der Waals surface area contributed by atoms with Crippen LogP contribution < -0.4 is 25.4 Å². The van der Waals surface area contributed by atoms with Crippen LogP contribution in [0.4, 0.5) is 5.69 Å². The Morgan fingerprint density at radius 3 is 2.19 bits per heavy atom. The van der Waals surface area contributed by atoms with Crippen molar-refractivity contribution < 1.29 is 27.9 Å². The number of aliphatic hydroxyl groups is 1. The number of amides is 2.